The highest BCUT2D eigenvalue weighted by Gasteiger charge is 2.14. The van der Waals surface area contributed by atoms with Crippen LogP contribution in [0.2, 0.25) is 0 Å². The maximum Gasteiger partial charge on any atom is 0.185 e. The third-order valence-electron chi connectivity index (χ3n) is 2.52. The quantitative estimate of drug-likeness (QED) is 0.814. The average molecular weight is 292 g/mol. The van der Waals surface area contributed by atoms with Gasteiger partial charge in [-0.25, -0.2) is 13.4 Å². The fraction of sp³-hybridized carbons (Fsp3) is 0.727. The molecule has 7 heteroatoms. The van der Waals surface area contributed by atoms with Gasteiger partial charge >= 0.3 is 0 Å². The highest BCUT2D eigenvalue weighted by molar-refractivity contribution is 7.90. The molecule has 0 spiro atoms. The fourth-order valence-corrected chi connectivity index (χ4v) is 3.05. The molecular weight excluding hydrogens is 272 g/mol. The summed E-state index contributed by atoms with van der Waals surface area (Å²) >= 11 is 1.43. The maximum absolute atomic E-state index is 11.1. The van der Waals surface area contributed by atoms with Crippen molar-refractivity contribution in [2.75, 3.05) is 30.5 Å². The molecule has 0 radical (unpaired) electrons. The second-order valence-corrected chi connectivity index (χ2v) is 7.65. The lowest BCUT2D eigenvalue weighted by Gasteiger charge is -2.14. The van der Waals surface area contributed by atoms with Gasteiger partial charge in [-0.3, -0.25) is 0 Å². The Kier molecular flexibility index (Phi) is 5.55. The van der Waals surface area contributed by atoms with Crippen LogP contribution < -0.4 is 4.90 Å². The smallest absolute Gasteiger partial charge is 0.185 e. The van der Waals surface area contributed by atoms with Gasteiger partial charge in [-0.15, -0.1) is 0 Å². The molecule has 0 saturated heterocycles. The molecule has 5 nitrogen and oxygen atoms in total. The number of aromatic nitrogens is 1. The Hall–Kier alpha value is -0.660. The van der Waals surface area contributed by atoms with E-state index in [1.807, 2.05) is 11.9 Å². The zero-order valence-corrected chi connectivity index (χ0v) is 12.6. The third kappa shape index (κ3) is 4.55. The fourth-order valence-electron chi connectivity index (χ4n) is 1.49. The van der Waals surface area contributed by atoms with Crippen LogP contribution in [-0.2, 0) is 22.9 Å². The zero-order chi connectivity index (χ0) is 13.8. The first kappa shape index (κ1) is 15.4. The van der Waals surface area contributed by atoms with E-state index in [0.717, 1.165) is 28.5 Å². The number of hydrogen-bond acceptors (Lipinski definition) is 6. The Balaban J connectivity index is 2.76. The number of aliphatic hydroxyl groups excluding tert-OH is 1. The van der Waals surface area contributed by atoms with Gasteiger partial charge in [-0.1, -0.05) is 24.7 Å². The third-order valence-corrected chi connectivity index (χ3v) is 4.64. The van der Waals surface area contributed by atoms with Crippen molar-refractivity contribution in [3.05, 3.63) is 10.6 Å². The minimum absolute atomic E-state index is 0.00703. The number of thiazole rings is 1. The molecule has 1 heterocycles. The molecular formula is C11H20N2O3S2. The first-order chi connectivity index (χ1) is 8.37. The molecule has 0 aliphatic heterocycles. The van der Waals surface area contributed by atoms with Gasteiger partial charge in [0.2, 0.25) is 0 Å². The number of hydrogen-bond donors (Lipinski definition) is 1. The van der Waals surface area contributed by atoms with Gasteiger partial charge in [0.05, 0.1) is 22.9 Å². The number of rotatable bonds is 7. The zero-order valence-electron chi connectivity index (χ0n) is 11.0. The molecule has 0 aliphatic carbocycles. The van der Waals surface area contributed by atoms with Crippen molar-refractivity contribution >= 4 is 26.3 Å². The molecule has 0 amide bonds. The Labute approximate surface area is 112 Å². The van der Waals surface area contributed by atoms with Crippen LogP contribution >= 0.6 is 11.3 Å². The van der Waals surface area contributed by atoms with Crippen molar-refractivity contribution in [2.45, 2.75) is 26.4 Å². The van der Waals surface area contributed by atoms with Crippen LogP contribution in [0.5, 0.6) is 0 Å². The van der Waals surface area contributed by atoms with Crippen LogP contribution in [0, 0.1) is 0 Å². The van der Waals surface area contributed by atoms with Crippen molar-refractivity contribution < 1.29 is 13.5 Å². The summed E-state index contributed by atoms with van der Waals surface area (Å²) in [6.07, 6.45) is 3.04. The Bertz CT molecular complexity index is 482. The van der Waals surface area contributed by atoms with Gasteiger partial charge < -0.3 is 10.0 Å². The van der Waals surface area contributed by atoms with Crippen molar-refractivity contribution in [3.8, 4) is 0 Å². The number of aryl methyl sites for hydroxylation is 1. The molecule has 0 fully saturated rings. The van der Waals surface area contributed by atoms with Crippen LogP contribution in [0.15, 0.2) is 0 Å². The minimum atomic E-state index is -2.96. The number of sulfone groups is 1. The lowest BCUT2D eigenvalue weighted by Crippen LogP contribution is -2.24. The Morgan fingerprint density at radius 1 is 1.44 bits per heavy atom. The summed E-state index contributed by atoms with van der Waals surface area (Å²) in [7, 11) is -1.14. The number of nitrogens with zero attached hydrogens (tertiary/aromatic N) is 2. The molecule has 0 saturated carbocycles. The van der Waals surface area contributed by atoms with E-state index in [9.17, 15) is 13.5 Å². The molecule has 0 aromatic carbocycles. The normalized spacial score (nSPS) is 11.8. The molecule has 1 rings (SSSR count). The van der Waals surface area contributed by atoms with Gasteiger partial charge in [-0.05, 0) is 6.42 Å². The van der Waals surface area contributed by atoms with Gasteiger partial charge in [0.25, 0.3) is 0 Å². The predicted molar refractivity (Wildman–Crippen MR) is 75.0 cm³/mol. The SMILES string of the molecule is CCCc1nc(N(C)CCS(C)(=O)=O)sc1CO. The van der Waals surface area contributed by atoms with Crippen molar-refractivity contribution in [2.24, 2.45) is 0 Å². The van der Waals surface area contributed by atoms with E-state index in [4.69, 9.17) is 0 Å². The molecule has 0 atom stereocenters. The van der Waals surface area contributed by atoms with Crippen LogP contribution in [0.3, 0.4) is 0 Å². The van der Waals surface area contributed by atoms with E-state index < -0.39 is 9.84 Å². The molecule has 1 N–H and O–H groups in total. The van der Waals surface area contributed by atoms with E-state index in [-0.39, 0.29) is 12.4 Å². The molecule has 0 aliphatic rings. The predicted octanol–water partition coefficient (Wildman–Crippen LogP) is 1.07. The summed E-state index contributed by atoms with van der Waals surface area (Å²) in [6.45, 7) is 2.48. The highest BCUT2D eigenvalue weighted by Crippen LogP contribution is 2.26. The number of anilines is 1. The monoisotopic (exact) mass is 292 g/mol. The lowest BCUT2D eigenvalue weighted by atomic mass is 10.2. The van der Waals surface area contributed by atoms with Crippen LogP contribution in [0.1, 0.15) is 23.9 Å². The number of aliphatic hydroxyl groups is 1. The second kappa shape index (κ2) is 6.49. The van der Waals surface area contributed by atoms with Crippen LogP contribution in [-0.4, -0.2) is 44.1 Å². The van der Waals surface area contributed by atoms with Crippen molar-refractivity contribution in [1.29, 1.82) is 0 Å². The Morgan fingerprint density at radius 3 is 2.61 bits per heavy atom. The molecule has 1 aromatic rings. The summed E-state index contributed by atoms with van der Waals surface area (Å²) in [4.78, 5) is 7.16. The van der Waals surface area contributed by atoms with Gasteiger partial charge in [0.15, 0.2) is 5.13 Å². The van der Waals surface area contributed by atoms with E-state index in [2.05, 4.69) is 11.9 Å². The van der Waals surface area contributed by atoms with E-state index >= 15 is 0 Å². The average Bonchev–Trinajstić information content (AvgIpc) is 2.69. The van der Waals surface area contributed by atoms with Crippen molar-refractivity contribution in [3.63, 3.8) is 0 Å². The molecule has 0 unspecified atom stereocenters. The lowest BCUT2D eigenvalue weighted by molar-refractivity contribution is 0.284. The topological polar surface area (TPSA) is 70.5 Å². The first-order valence-electron chi connectivity index (χ1n) is 5.85. The molecule has 104 valence electrons. The highest BCUT2D eigenvalue weighted by atomic mass is 32.2. The van der Waals surface area contributed by atoms with E-state index in [1.54, 1.807) is 0 Å². The Morgan fingerprint density at radius 2 is 2.11 bits per heavy atom. The van der Waals surface area contributed by atoms with Crippen molar-refractivity contribution in [1.82, 2.24) is 4.98 Å². The van der Waals surface area contributed by atoms with Gasteiger partial charge in [0, 0.05) is 19.8 Å². The summed E-state index contributed by atoms with van der Waals surface area (Å²) in [5, 5.41) is 10.0. The van der Waals surface area contributed by atoms with Gasteiger partial charge in [0.1, 0.15) is 9.84 Å². The van der Waals surface area contributed by atoms with Crippen LogP contribution in [0.4, 0.5) is 5.13 Å². The summed E-state index contributed by atoms with van der Waals surface area (Å²) in [5.41, 5.74) is 0.922. The van der Waals surface area contributed by atoms with E-state index in [0.29, 0.717) is 6.54 Å². The summed E-state index contributed by atoms with van der Waals surface area (Å²) in [5.74, 6) is 0.112. The largest absolute Gasteiger partial charge is 0.391 e. The summed E-state index contributed by atoms with van der Waals surface area (Å²) < 4.78 is 22.2. The van der Waals surface area contributed by atoms with Gasteiger partial charge in [-0.2, -0.15) is 0 Å². The maximum atomic E-state index is 11.1. The standard InChI is InChI=1S/C11H20N2O3S2/c1-4-5-9-10(8-14)17-11(12-9)13(2)6-7-18(3,15)16/h14H,4-8H2,1-3H3. The van der Waals surface area contributed by atoms with E-state index in [1.165, 1.54) is 17.6 Å². The molecule has 18 heavy (non-hydrogen) atoms. The first-order valence-corrected chi connectivity index (χ1v) is 8.73. The molecule has 1 aromatic heterocycles. The van der Waals surface area contributed by atoms with Crippen LogP contribution in [0.25, 0.3) is 0 Å². The minimum Gasteiger partial charge on any atom is -0.391 e. The molecule has 0 bridgehead atoms. The second-order valence-electron chi connectivity index (χ2n) is 4.33. The summed E-state index contributed by atoms with van der Waals surface area (Å²) in [6, 6.07) is 0.